The third kappa shape index (κ3) is 3.25. The summed E-state index contributed by atoms with van der Waals surface area (Å²) in [5, 5.41) is 9.26. The predicted molar refractivity (Wildman–Crippen MR) is 76.5 cm³/mol. The monoisotopic (exact) mass is 282 g/mol. The summed E-state index contributed by atoms with van der Waals surface area (Å²) in [6.45, 7) is 6.58. The lowest BCUT2D eigenvalue weighted by atomic mass is 9.87. The number of hydrogen-bond acceptors (Lipinski definition) is 2. The Morgan fingerprint density at radius 3 is 2.25 bits per heavy atom. The van der Waals surface area contributed by atoms with Crippen LogP contribution in [0, 0.1) is 11.8 Å². The molecule has 0 radical (unpaired) electrons. The van der Waals surface area contributed by atoms with Crippen molar-refractivity contribution < 1.29 is 14.7 Å². The van der Waals surface area contributed by atoms with E-state index in [1.165, 1.54) is 0 Å². The van der Waals surface area contributed by atoms with Gasteiger partial charge in [-0.25, -0.2) is 9.59 Å². The Labute approximate surface area is 120 Å². The van der Waals surface area contributed by atoms with Crippen molar-refractivity contribution in [3.8, 4) is 0 Å². The van der Waals surface area contributed by atoms with E-state index in [0.29, 0.717) is 24.8 Å². The van der Waals surface area contributed by atoms with Gasteiger partial charge in [-0.3, -0.25) is 0 Å². The van der Waals surface area contributed by atoms with Gasteiger partial charge in [0.15, 0.2) is 0 Å². The number of amides is 2. The van der Waals surface area contributed by atoms with Gasteiger partial charge in [-0.15, -0.1) is 0 Å². The molecule has 0 aromatic carbocycles. The van der Waals surface area contributed by atoms with Gasteiger partial charge in [0, 0.05) is 19.6 Å². The maximum atomic E-state index is 12.5. The number of urea groups is 1. The third-order valence-corrected chi connectivity index (χ3v) is 4.79. The average Bonchev–Trinajstić information content (AvgIpc) is 2.46. The first-order chi connectivity index (χ1) is 9.50. The molecular formula is C15H26N2O3. The van der Waals surface area contributed by atoms with Crippen LogP contribution in [0.1, 0.15) is 46.0 Å². The molecule has 0 saturated carbocycles. The van der Waals surface area contributed by atoms with E-state index < -0.39 is 12.0 Å². The fourth-order valence-corrected chi connectivity index (χ4v) is 3.36. The van der Waals surface area contributed by atoms with Crippen LogP contribution >= 0.6 is 0 Å². The summed E-state index contributed by atoms with van der Waals surface area (Å²) in [6.07, 6.45) is 4.47. The van der Waals surface area contributed by atoms with Crippen LogP contribution in [-0.2, 0) is 4.79 Å². The quantitative estimate of drug-likeness (QED) is 0.846. The standard InChI is InChI=1S/C15H26N2O3/c1-11(2)12-6-9-16(10-7-12)15(20)17-8-4-3-5-13(17)14(18)19/h11-13H,3-10H2,1-2H3,(H,18,19). The number of nitrogens with zero attached hydrogens (tertiary/aromatic N) is 2. The molecule has 1 N–H and O–H groups in total. The number of aliphatic carboxylic acids is 1. The lowest BCUT2D eigenvalue weighted by Crippen LogP contribution is -2.54. The predicted octanol–water partition coefficient (Wildman–Crippen LogP) is 2.41. The maximum Gasteiger partial charge on any atom is 0.326 e. The summed E-state index contributed by atoms with van der Waals surface area (Å²) in [5.74, 6) is 0.486. The highest BCUT2D eigenvalue weighted by Gasteiger charge is 2.35. The van der Waals surface area contributed by atoms with E-state index in [9.17, 15) is 14.7 Å². The Bertz CT molecular complexity index is 362. The molecule has 2 saturated heterocycles. The zero-order chi connectivity index (χ0) is 14.7. The smallest absolute Gasteiger partial charge is 0.326 e. The summed E-state index contributed by atoms with van der Waals surface area (Å²) in [6, 6.07) is -0.696. The number of carbonyl (C=O) groups excluding carboxylic acids is 1. The van der Waals surface area contributed by atoms with E-state index in [-0.39, 0.29) is 6.03 Å². The molecule has 2 heterocycles. The van der Waals surface area contributed by atoms with E-state index in [1.807, 2.05) is 4.90 Å². The van der Waals surface area contributed by atoms with Crippen LogP contribution in [0.5, 0.6) is 0 Å². The van der Waals surface area contributed by atoms with E-state index >= 15 is 0 Å². The van der Waals surface area contributed by atoms with Gasteiger partial charge in [0.1, 0.15) is 6.04 Å². The van der Waals surface area contributed by atoms with Crippen molar-refractivity contribution in [2.75, 3.05) is 19.6 Å². The summed E-state index contributed by atoms with van der Waals surface area (Å²) in [5.41, 5.74) is 0. The molecule has 0 spiro atoms. The van der Waals surface area contributed by atoms with Crippen LogP contribution in [0.3, 0.4) is 0 Å². The Hall–Kier alpha value is -1.26. The fraction of sp³-hybridized carbons (Fsp3) is 0.867. The molecule has 1 unspecified atom stereocenters. The Morgan fingerprint density at radius 2 is 1.70 bits per heavy atom. The van der Waals surface area contributed by atoms with Crippen molar-refractivity contribution in [1.82, 2.24) is 9.80 Å². The van der Waals surface area contributed by atoms with Crippen molar-refractivity contribution in [1.29, 1.82) is 0 Å². The minimum atomic E-state index is -0.866. The van der Waals surface area contributed by atoms with E-state index in [2.05, 4.69) is 13.8 Å². The molecule has 2 aliphatic rings. The van der Waals surface area contributed by atoms with Crippen molar-refractivity contribution in [2.24, 2.45) is 11.8 Å². The van der Waals surface area contributed by atoms with Crippen LogP contribution in [0.25, 0.3) is 0 Å². The second-order valence-corrected chi connectivity index (χ2v) is 6.39. The Kier molecular flexibility index (Phi) is 4.89. The summed E-state index contributed by atoms with van der Waals surface area (Å²) < 4.78 is 0. The van der Waals surface area contributed by atoms with Gasteiger partial charge in [0.25, 0.3) is 0 Å². The number of carbonyl (C=O) groups is 2. The van der Waals surface area contributed by atoms with Crippen LogP contribution in [0.15, 0.2) is 0 Å². The zero-order valence-electron chi connectivity index (χ0n) is 12.5. The molecule has 0 bridgehead atoms. The van der Waals surface area contributed by atoms with Crippen LogP contribution < -0.4 is 0 Å². The summed E-state index contributed by atoms with van der Waals surface area (Å²) in [7, 11) is 0. The summed E-state index contributed by atoms with van der Waals surface area (Å²) >= 11 is 0. The number of piperidine rings is 2. The molecule has 2 aliphatic heterocycles. The van der Waals surface area contributed by atoms with Gasteiger partial charge in [-0.1, -0.05) is 13.8 Å². The number of hydrogen-bond donors (Lipinski definition) is 1. The molecule has 2 amide bonds. The first-order valence-corrected chi connectivity index (χ1v) is 7.79. The highest BCUT2D eigenvalue weighted by Crippen LogP contribution is 2.26. The molecule has 2 fully saturated rings. The first kappa shape index (κ1) is 15.1. The van der Waals surface area contributed by atoms with Crippen LogP contribution in [-0.4, -0.2) is 52.6 Å². The number of likely N-dealkylation sites (tertiary alicyclic amines) is 2. The van der Waals surface area contributed by atoms with Gasteiger partial charge in [0.05, 0.1) is 0 Å². The molecule has 0 aromatic heterocycles. The minimum Gasteiger partial charge on any atom is -0.480 e. The molecule has 0 aromatic rings. The first-order valence-electron chi connectivity index (χ1n) is 7.79. The molecule has 2 rings (SSSR count). The lowest BCUT2D eigenvalue weighted by Gasteiger charge is -2.40. The number of carboxylic acid groups (broad SMARTS) is 1. The lowest BCUT2D eigenvalue weighted by molar-refractivity contribution is -0.143. The molecule has 5 nitrogen and oxygen atoms in total. The highest BCUT2D eigenvalue weighted by molar-refractivity contribution is 5.83. The maximum absolute atomic E-state index is 12.5. The zero-order valence-corrected chi connectivity index (χ0v) is 12.5. The van der Waals surface area contributed by atoms with E-state index in [0.717, 1.165) is 38.8 Å². The van der Waals surface area contributed by atoms with Gasteiger partial charge in [-0.05, 0) is 43.9 Å². The third-order valence-electron chi connectivity index (χ3n) is 4.79. The van der Waals surface area contributed by atoms with Crippen molar-refractivity contribution in [2.45, 2.75) is 52.0 Å². The average molecular weight is 282 g/mol. The number of carboxylic acids is 1. The van der Waals surface area contributed by atoms with Gasteiger partial charge >= 0.3 is 12.0 Å². The SMILES string of the molecule is CC(C)C1CCN(C(=O)N2CCCCC2C(=O)O)CC1. The van der Waals surface area contributed by atoms with E-state index in [4.69, 9.17) is 0 Å². The van der Waals surface area contributed by atoms with Gasteiger partial charge in [0.2, 0.25) is 0 Å². The van der Waals surface area contributed by atoms with Crippen LogP contribution in [0.4, 0.5) is 4.79 Å². The Balaban J connectivity index is 1.95. The molecule has 114 valence electrons. The van der Waals surface area contributed by atoms with Crippen molar-refractivity contribution >= 4 is 12.0 Å². The van der Waals surface area contributed by atoms with Crippen molar-refractivity contribution in [3.05, 3.63) is 0 Å². The molecule has 0 aliphatic carbocycles. The second-order valence-electron chi connectivity index (χ2n) is 6.39. The largest absolute Gasteiger partial charge is 0.480 e. The normalized spacial score (nSPS) is 25.1. The summed E-state index contributed by atoms with van der Waals surface area (Å²) in [4.78, 5) is 27.2. The molecule has 1 atom stereocenters. The van der Waals surface area contributed by atoms with Gasteiger partial charge in [-0.2, -0.15) is 0 Å². The molecule has 5 heteroatoms. The molecule has 20 heavy (non-hydrogen) atoms. The topological polar surface area (TPSA) is 60.9 Å². The van der Waals surface area contributed by atoms with E-state index in [1.54, 1.807) is 4.90 Å². The minimum absolute atomic E-state index is 0.0701. The van der Waals surface area contributed by atoms with Crippen LogP contribution in [0.2, 0.25) is 0 Å². The fourth-order valence-electron chi connectivity index (χ4n) is 3.36. The highest BCUT2D eigenvalue weighted by atomic mass is 16.4. The second kappa shape index (κ2) is 6.46. The molecular weight excluding hydrogens is 256 g/mol. The number of rotatable bonds is 2. The Morgan fingerprint density at radius 1 is 1.05 bits per heavy atom. The van der Waals surface area contributed by atoms with Gasteiger partial charge < -0.3 is 14.9 Å². The van der Waals surface area contributed by atoms with Crippen molar-refractivity contribution in [3.63, 3.8) is 0 Å².